The van der Waals surface area contributed by atoms with Gasteiger partial charge < -0.3 is 15.1 Å². The van der Waals surface area contributed by atoms with Crippen LogP contribution in [-0.4, -0.2) is 30.1 Å². The molecule has 30 heavy (non-hydrogen) atoms. The highest BCUT2D eigenvalue weighted by Gasteiger charge is 2.22. The number of hydrogen-bond acceptors (Lipinski definition) is 2. The van der Waals surface area contributed by atoms with Crippen LogP contribution in [0.25, 0.3) is 0 Å². The summed E-state index contributed by atoms with van der Waals surface area (Å²) in [6.45, 7) is 9.19. The van der Waals surface area contributed by atoms with E-state index in [0.717, 1.165) is 37.9 Å². The monoisotopic (exact) mass is 447 g/mol. The maximum atomic E-state index is 13.1. The molecule has 2 aromatic rings. The summed E-state index contributed by atoms with van der Waals surface area (Å²) in [6, 6.07) is 11.8. The second-order valence-corrected chi connectivity index (χ2v) is 8.81. The summed E-state index contributed by atoms with van der Waals surface area (Å²) in [5, 5.41) is 3.87. The van der Waals surface area contributed by atoms with Crippen molar-refractivity contribution in [3.8, 4) is 0 Å². The number of aryl methyl sites for hydroxylation is 1. The third kappa shape index (κ3) is 5.41. The molecule has 3 rings (SSSR count). The zero-order chi connectivity index (χ0) is 21.7. The normalized spacial score (nSPS) is 14.2. The Labute approximate surface area is 190 Å². The van der Waals surface area contributed by atoms with E-state index in [-0.39, 0.29) is 12.1 Å². The zero-order valence-electron chi connectivity index (χ0n) is 18.0. The predicted molar refractivity (Wildman–Crippen MR) is 128 cm³/mol. The van der Waals surface area contributed by atoms with Crippen molar-refractivity contribution in [1.29, 1.82) is 0 Å². The standard InChI is InChI=1S/C24H31Cl2N3O/c1-4-12-28-13-6-7-19-14-18(8-11-23(19)28)16-29(17(3)5-2)24(30)27-20-9-10-21(25)22(26)15-20/h8-11,14-15,17H,4-7,12-13,16H2,1-3H3,(H,27,30)/t17-/m0/s1. The van der Waals surface area contributed by atoms with E-state index in [1.54, 1.807) is 18.2 Å². The lowest BCUT2D eigenvalue weighted by molar-refractivity contribution is 0.187. The Hall–Kier alpha value is -1.91. The molecule has 0 fully saturated rings. The molecule has 0 radical (unpaired) electrons. The van der Waals surface area contributed by atoms with Crippen LogP contribution in [0.5, 0.6) is 0 Å². The average Bonchev–Trinajstić information content (AvgIpc) is 2.74. The molecule has 1 atom stereocenters. The van der Waals surface area contributed by atoms with Crippen molar-refractivity contribution in [2.75, 3.05) is 23.3 Å². The van der Waals surface area contributed by atoms with E-state index in [2.05, 4.69) is 49.2 Å². The minimum atomic E-state index is -0.131. The first-order valence-electron chi connectivity index (χ1n) is 10.8. The molecule has 0 saturated heterocycles. The van der Waals surface area contributed by atoms with Gasteiger partial charge in [0.05, 0.1) is 10.0 Å². The lowest BCUT2D eigenvalue weighted by Crippen LogP contribution is -2.40. The first-order valence-corrected chi connectivity index (χ1v) is 11.6. The Kier molecular flexibility index (Phi) is 7.90. The quantitative estimate of drug-likeness (QED) is 0.496. The molecule has 0 bridgehead atoms. The molecule has 162 valence electrons. The Morgan fingerprint density at radius 1 is 1.17 bits per heavy atom. The van der Waals surface area contributed by atoms with Crippen molar-refractivity contribution in [3.63, 3.8) is 0 Å². The molecule has 1 heterocycles. The highest BCUT2D eigenvalue weighted by Crippen LogP contribution is 2.29. The van der Waals surface area contributed by atoms with Gasteiger partial charge in [-0.25, -0.2) is 4.79 Å². The summed E-state index contributed by atoms with van der Waals surface area (Å²) < 4.78 is 0. The molecule has 2 amide bonds. The Balaban J connectivity index is 1.77. The number of carbonyl (C=O) groups is 1. The van der Waals surface area contributed by atoms with Gasteiger partial charge in [-0.05, 0) is 68.0 Å². The van der Waals surface area contributed by atoms with Crippen molar-refractivity contribution in [2.24, 2.45) is 0 Å². The van der Waals surface area contributed by atoms with Crippen LogP contribution in [0.1, 0.15) is 51.2 Å². The number of carbonyl (C=O) groups excluding carboxylic acids is 1. The molecular formula is C24H31Cl2N3O. The van der Waals surface area contributed by atoms with E-state index in [9.17, 15) is 4.79 Å². The summed E-state index contributed by atoms with van der Waals surface area (Å²) >= 11 is 12.1. The molecule has 1 aliphatic rings. The van der Waals surface area contributed by atoms with Crippen LogP contribution in [0.4, 0.5) is 16.2 Å². The number of rotatable bonds is 7. The van der Waals surface area contributed by atoms with Crippen LogP contribution in [0.3, 0.4) is 0 Å². The minimum Gasteiger partial charge on any atom is -0.371 e. The van der Waals surface area contributed by atoms with Crippen LogP contribution < -0.4 is 10.2 Å². The van der Waals surface area contributed by atoms with Crippen molar-refractivity contribution >= 4 is 40.6 Å². The lowest BCUT2D eigenvalue weighted by Gasteiger charge is -2.32. The molecule has 0 unspecified atom stereocenters. The van der Waals surface area contributed by atoms with E-state index in [1.165, 1.54) is 17.7 Å². The Morgan fingerprint density at radius 2 is 1.97 bits per heavy atom. The van der Waals surface area contributed by atoms with Gasteiger partial charge in [-0.15, -0.1) is 0 Å². The van der Waals surface area contributed by atoms with E-state index in [0.29, 0.717) is 22.3 Å². The SMILES string of the molecule is CCCN1CCCc2cc(CN(C(=O)Nc3ccc(Cl)c(Cl)c3)[C@@H](C)CC)ccc21. The number of fused-ring (bicyclic) bond motifs is 1. The fourth-order valence-corrected chi connectivity index (χ4v) is 4.24. The number of nitrogens with one attached hydrogen (secondary N) is 1. The second-order valence-electron chi connectivity index (χ2n) is 8.00. The van der Waals surface area contributed by atoms with Crippen molar-refractivity contribution in [2.45, 2.75) is 59.0 Å². The number of urea groups is 1. The number of amides is 2. The molecule has 4 nitrogen and oxygen atoms in total. The Morgan fingerprint density at radius 3 is 2.67 bits per heavy atom. The molecule has 0 aliphatic carbocycles. The van der Waals surface area contributed by atoms with Gasteiger partial charge in [0.2, 0.25) is 0 Å². The van der Waals surface area contributed by atoms with Gasteiger partial charge in [0.1, 0.15) is 0 Å². The van der Waals surface area contributed by atoms with Gasteiger partial charge in [0.15, 0.2) is 0 Å². The summed E-state index contributed by atoms with van der Waals surface area (Å²) in [5.41, 5.74) is 4.54. The first-order chi connectivity index (χ1) is 14.4. The molecule has 2 aromatic carbocycles. The van der Waals surface area contributed by atoms with Crippen LogP contribution >= 0.6 is 23.2 Å². The van der Waals surface area contributed by atoms with Crippen molar-refractivity contribution in [3.05, 3.63) is 57.6 Å². The van der Waals surface area contributed by atoms with Gasteiger partial charge in [0, 0.05) is 37.1 Å². The summed E-state index contributed by atoms with van der Waals surface area (Å²) in [7, 11) is 0. The third-order valence-electron chi connectivity index (χ3n) is 5.76. The van der Waals surface area contributed by atoms with E-state index >= 15 is 0 Å². The molecule has 1 N–H and O–H groups in total. The van der Waals surface area contributed by atoms with Gasteiger partial charge >= 0.3 is 6.03 Å². The number of benzene rings is 2. The van der Waals surface area contributed by atoms with Crippen LogP contribution in [-0.2, 0) is 13.0 Å². The van der Waals surface area contributed by atoms with E-state index in [1.807, 2.05) is 4.90 Å². The maximum absolute atomic E-state index is 13.1. The molecule has 1 aliphatic heterocycles. The van der Waals surface area contributed by atoms with Gasteiger partial charge in [-0.2, -0.15) is 0 Å². The molecule has 6 heteroatoms. The fourth-order valence-electron chi connectivity index (χ4n) is 3.94. The van der Waals surface area contributed by atoms with Gasteiger partial charge in [-0.3, -0.25) is 0 Å². The van der Waals surface area contributed by atoms with Crippen LogP contribution in [0.15, 0.2) is 36.4 Å². The molecule has 0 aromatic heterocycles. The predicted octanol–water partition coefficient (Wildman–Crippen LogP) is 6.99. The largest absolute Gasteiger partial charge is 0.371 e. The maximum Gasteiger partial charge on any atom is 0.322 e. The zero-order valence-corrected chi connectivity index (χ0v) is 19.6. The molecule has 0 saturated carbocycles. The lowest BCUT2D eigenvalue weighted by atomic mass is 9.98. The van der Waals surface area contributed by atoms with Gasteiger partial charge in [-0.1, -0.05) is 49.2 Å². The van der Waals surface area contributed by atoms with Gasteiger partial charge in [0.25, 0.3) is 0 Å². The molecule has 0 spiro atoms. The summed E-state index contributed by atoms with van der Waals surface area (Å²) in [5.74, 6) is 0. The topological polar surface area (TPSA) is 35.6 Å². The van der Waals surface area contributed by atoms with Crippen molar-refractivity contribution < 1.29 is 4.79 Å². The van der Waals surface area contributed by atoms with Crippen molar-refractivity contribution in [1.82, 2.24) is 4.90 Å². The second kappa shape index (κ2) is 10.4. The number of halogens is 2. The first kappa shape index (κ1) is 22.8. The summed E-state index contributed by atoms with van der Waals surface area (Å²) in [4.78, 5) is 17.4. The highest BCUT2D eigenvalue weighted by molar-refractivity contribution is 6.42. The number of anilines is 2. The summed E-state index contributed by atoms with van der Waals surface area (Å²) in [6.07, 6.45) is 4.31. The third-order valence-corrected chi connectivity index (χ3v) is 6.50. The minimum absolute atomic E-state index is 0.111. The van der Waals surface area contributed by atoms with Crippen LogP contribution in [0.2, 0.25) is 10.0 Å². The fraction of sp³-hybridized carbons (Fsp3) is 0.458. The smallest absolute Gasteiger partial charge is 0.322 e. The van der Waals surface area contributed by atoms with Crippen LogP contribution in [0, 0.1) is 0 Å². The van der Waals surface area contributed by atoms with E-state index < -0.39 is 0 Å². The van der Waals surface area contributed by atoms with E-state index in [4.69, 9.17) is 23.2 Å². The molecular weight excluding hydrogens is 417 g/mol. The average molecular weight is 448 g/mol. The highest BCUT2D eigenvalue weighted by atomic mass is 35.5. The number of hydrogen-bond donors (Lipinski definition) is 1. The number of nitrogens with zero attached hydrogens (tertiary/aromatic N) is 2. The Bertz CT molecular complexity index is 887.